The highest BCUT2D eigenvalue weighted by Gasteiger charge is 2.32. The Morgan fingerprint density at radius 1 is 1.13 bits per heavy atom. The number of methoxy groups -OCH3 is 1. The zero-order valence-electron chi connectivity index (χ0n) is 16.0. The lowest BCUT2D eigenvalue weighted by Gasteiger charge is -2.10. The van der Waals surface area contributed by atoms with Crippen molar-refractivity contribution in [2.45, 2.75) is 16.7 Å². The van der Waals surface area contributed by atoms with Gasteiger partial charge < -0.3 is 9.47 Å². The summed E-state index contributed by atoms with van der Waals surface area (Å²) in [5.74, 6) is -1.10. The van der Waals surface area contributed by atoms with Crippen molar-refractivity contribution in [1.82, 2.24) is 9.78 Å². The van der Waals surface area contributed by atoms with Gasteiger partial charge in [0.15, 0.2) is 4.90 Å². The molecule has 0 unspecified atom stereocenters. The summed E-state index contributed by atoms with van der Waals surface area (Å²) in [5.41, 5.74) is 0.320. The Morgan fingerprint density at radius 3 is 2.33 bits per heavy atom. The van der Waals surface area contributed by atoms with Crippen molar-refractivity contribution in [1.29, 1.82) is 0 Å². The van der Waals surface area contributed by atoms with Crippen LogP contribution in [0.1, 0.15) is 5.69 Å². The number of non-ortho nitro benzene ring substituents is 1. The first-order chi connectivity index (χ1) is 14.3. The van der Waals surface area contributed by atoms with Crippen molar-refractivity contribution in [2.24, 2.45) is 0 Å². The molecule has 2 aromatic carbocycles. The topological polar surface area (TPSA) is 131 Å². The molecule has 0 bridgehead atoms. The second kappa shape index (κ2) is 8.43. The number of sulfone groups is 1. The first kappa shape index (κ1) is 21.1. The zero-order chi connectivity index (χ0) is 21.9. The molecule has 156 valence electrons. The molecule has 0 saturated carbocycles. The molecule has 0 radical (unpaired) electrons. The molecule has 0 fully saturated rings. The van der Waals surface area contributed by atoms with Gasteiger partial charge in [0, 0.05) is 19.2 Å². The van der Waals surface area contributed by atoms with E-state index in [2.05, 4.69) is 5.10 Å². The summed E-state index contributed by atoms with van der Waals surface area (Å²) >= 11 is 0. The van der Waals surface area contributed by atoms with Crippen LogP contribution in [0.5, 0.6) is 5.88 Å². The number of rotatable bonds is 7. The maximum atomic E-state index is 13.3. The quantitative estimate of drug-likeness (QED) is 0.317. The van der Waals surface area contributed by atoms with Crippen LogP contribution in [0.4, 0.5) is 5.69 Å². The van der Waals surface area contributed by atoms with Crippen LogP contribution >= 0.6 is 0 Å². The van der Waals surface area contributed by atoms with E-state index in [0.29, 0.717) is 5.69 Å². The number of benzene rings is 2. The molecular weight excluding hydrogens is 414 g/mol. The average Bonchev–Trinajstić information content (AvgIpc) is 3.05. The number of para-hydroxylation sites is 1. The summed E-state index contributed by atoms with van der Waals surface area (Å²) in [6, 6.07) is 13.0. The summed E-state index contributed by atoms with van der Waals surface area (Å²) in [7, 11) is -2.91. The highest BCUT2D eigenvalue weighted by atomic mass is 32.2. The Kier molecular flexibility index (Phi) is 5.94. The summed E-state index contributed by atoms with van der Waals surface area (Å²) in [5, 5.41) is 15.1. The number of nitro benzene ring substituents is 1. The second-order valence-corrected chi connectivity index (χ2v) is 8.02. The number of esters is 1. The van der Waals surface area contributed by atoms with Crippen molar-refractivity contribution in [3.8, 4) is 11.6 Å². The lowest BCUT2D eigenvalue weighted by molar-refractivity contribution is -0.384. The van der Waals surface area contributed by atoms with E-state index in [-0.39, 0.29) is 27.1 Å². The number of hydrogen-bond donors (Lipinski definition) is 0. The fourth-order valence-electron chi connectivity index (χ4n) is 2.75. The van der Waals surface area contributed by atoms with E-state index in [1.165, 1.54) is 18.7 Å². The van der Waals surface area contributed by atoms with Gasteiger partial charge in [0.25, 0.3) is 5.69 Å². The molecule has 30 heavy (non-hydrogen) atoms. The third-order valence-electron chi connectivity index (χ3n) is 4.07. The molecule has 1 aromatic heterocycles. The molecule has 3 aromatic rings. The van der Waals surface area contributed by atoms with Crippen LogP contribution < -0.4 is 4.74 Å². The van der Waals surface area contributed by atoms with Crippen molar-refractivity contribution in [3.05, 3.63) is 70.4 Å². The van der Waals surface area contributed by atoms with Crippen LogP contribution in [0.15, 0.2) is 64.4 Å². The SMILES string of the molecule is COCC(=O)Oc1c(S(=O)(=O)c2ccc([N+](=O)[O-])cc2)c(C)nn1-c1ccccc1. The molecule has 0 aliphatic carbocycles. The van der Waals surface area contributed by atoms with Gasteiger partial charge in [-0.15, -0.1) is 0 Å². The third-order valence-corrected chi connectivity index (χ3v) is 5.97. The van der Waals surface area contributed by atoms with Gasteiger partial charge in [-0.3, -0.25) is 10.1 Å². The van der Waals surface area contributed by atoms with E-state index in [9.17, 15) is 23.3 Å². The average molecular weight is 431 g/mol. The Bertz CT molecular complexity index is 1190. The third kappa shape index (κ3) is 4.07. The highest BCUT2D eigenvalue weighted by Crippen LogP contribution is 2.35. The van der Waals surface area contributed by atoms with Crippen LogP contribution in [-0.2, 0) is 19.4 Å². The molecule has 0 atom stereocenters. The van der Waals surface area contributed by atoms with E-state index in [1.54, 1.807) is 30.3 Å². The van der Waals surface area contributed by atoms with Gasteiger partial charge in [-0.2, -0.15) is 9.78 Å². The van der Waals surface area contributed by atoms with Crippen LogP contribution in [0.3, 0.4) is 0 Å². The van der Waals surface area contributed by atoms with Gasteiger partial charge in [-0.25, -0.2) is 13.2 Å². The van der Waals surface area contributed by atoms with Gasteiger partial charge >= 0.3 is 5.97 Å². The number of aryl methyl sites for hydroxylation is 1. The standard InChI is InChI=1S/C19H17N3O7S/c1-13-18(30(26,27)16-10-8-15(9-11-16)22(24)25)19(29-17(23)12-28-2)21(20-13)14-6-4-3-5-7-14/h3-11H,12H2,1-2H3. The van der Waals surface area contributed by atoms with Gasteiger partial charge in [-0.1, -0.05) is 18.2 Å². The monoisotopic (exact) mass is 431 g/mol. The maximum Gasteiger partial charge on any atom is 0.338 e. The van der Waals surface area contributed by atoms with Gasteiger partial charge in [0.05, 0.1) is 21.2 Å². The lowest BCUT2D eigenvalue weighted by atomic mass is 10.3. The minimum absolute atomic E-state index is 0.0948. The van der Waals surface area contributed by atoms with Crippen molar-refractivity contribution in [2.75, 3.05) is 13.7 Å². The molecule has 0 spiro atoms. The number of carbonyl (C=O) groups excluding carboxylic acids is 1. The van der Waals surface area contributed by atoms with Gasteiger partial charge in [0.1, 0.15) is 6.61 Å². The smallest absolute Gasteiger partial charge is 0.338 e. The largest absolute Gasteiger partial charge is 0.404 e. The predicted molar refractivity (Wildman–Crippen MR) is 104 cm³/mol. The first-order valence-electron chi connectivity index (χ1n) is 8.60. The molecule has 10 nitrogen and oxygen atoms in total. The number of ether oxygens (including phenoxy) is 2. The Morgan fingerprint density at radius 2 is 1.77 bits per heavy atom. The van der Waals surface area contributed by atoms with Crippen molar-refractivity contribution in [3.63, 3.8) is 0 Å². The van der Waals surface area contributed by atoms with E-state index >= 15 is 0 Å². The summed E-state index contributed by atoms with van der Waals surface area (Å²) in [6.45, 7) is 1.07. The van der Waals surface area contributed by atoms with Crippen LogP contribution in [0.2, 0.25) is 0 Å². The highest BCUT2D eigenvalue weighted by molar-refractivity contribution is 7.91. The van der Waals surface area contributed by atoms with E-state index < -0.39 is 27.3 Å². The first-order valence-corrected chi connectivity index (χ1v) is 10.1. The van der Waals surface area contributed by atoms with Gasteiger partial charge in [-0.05, 0) is 31.2 Å². The molecule has 0 amide bonds. The maximum absolute atomic E-state index is 13.3. The Labute approximate surface area is 171 Å². The van der Waals surface area contributed by atoms with Crippen LogP contribution in [-0.4, -0.2) is 42.8 Å². The fourth-order valence-corrected chi connectivity index (χ4v) is 4.27. The number of carbonyl (C=O) groups is 1. The van der Waals surface area contributed by atoms with E-state index in [4.69, 9.17) is 9.47 Å². The minimum atomic E-state index is -4.21. The molecule has 3 rings (SSSR count). The van der Waals surface area contributed by atoms with E-state index in [1.807, 2.05) is 0 Å². The summed E-state index contributed by atoms with van der Waals surface area (Å²) in [4.78, 5) is 21.8. The van der Waals surface area contributed by atoms with Crippen molar-refractivity contribution < 1.29 is 27.6 Å². The van der Waals surface area contributed by atoms with E-state index in [0.717, 1.165) is 24.3 Å². The molecule has 1 heterocycles. The van der Waals surface area contributed by atoms with Crippen LogP contribution in [0.25, 0.3) is 5.69 Å². The molecule has 0 aliphatic heterocycles. The number of nitro groups is 1. The molecule has 11 heteroatoms. The number of nitrogens with zero attached hydrogens (tertiary/aromatic N) is 3. The zero-order valence-corrected chi connectivity index (χ0v) is 16.8. The molecular formula is C19H17N3O7S. The fraction of sp³-hybridized carbons (Fsp3) is 0.158. The summed E-state index contributed by atoms with van der Waals surface area (Å²) in [6.07, 6.45) is 0. The normalized spacial score (nSPS) is 11.3. The second-order valence-electron chi connectivity index (χ2n) is 6.13. The number of aromatic nitrogens is 2. The molecule has 0 aliphatic rings. The predicted octanol–water partition coefficient (Wildman–Crippen LogP) is 2.47. The minimum Gasteiger partial charge on any atom is -0.404 e. The number of hydrogen-bond acceptors (Lipinski definition) is 8. The van der Waals surface area contributed by atoms with Crippen molar-refractivity contribution >= 4 is 21.5 Å². The van der Waals surface area contributed by atoms with Crippen LogP contribution in [0, 0.1) is 17.0 Å². The Balaban J connectivity index is 2.18. The lowest BCUT2D eigenvalue weighted by Crippen LogP contribution is -2.18. The Hall–Kier alpha value is -3.57. The van der Waals surface area contributed by atoms with Gasteiger partial charge in [0.2, 0.25) is 15.7 Å². The molecule has 0 saturated heterocycles. The summed E-state index contributed by atoms with van der Waals surface area (Å²) < 4.78 is 37.9. The molecule has 0 N–H and O–H groups in total.